The topological polar surface area (TPSA) is 75.7 Å². The molecule has 0 saturated heterocycles. The molecule has 0 aliphatic rings. The van der Waals surface area contributed by atoms with Crippen LogP contribution in [0.2, 0.25) is 0 Å². The van der Waals surface area contributed by atoms with Crippen molar-refractivity contribution < 1.29 is 22.5 Å². The number of methoxy groups -OCH3 is 1. The summed E-state index contributed by atoms with van der Waals surface area (Å²) in [5.74, 6) is -0.342. The molecule has 0 aromatic heterocycles. The van der Waals surface area contributed by atoms with Crippen molar-refractivity contribution in [3.8, 4) is 5.75 Å². The fraction of sp³-hybridized carbons (Fsp3) is 0.125. The van der Waals surface area contributed by atoms with Gasteiger partial charge in [0.25, 0.3) is 0 Å². The monoisotopic (exact) mass is 215 g/mol. The van der Waals surface area contributed by atoms with Gasteiger partial charge in [0.1, 0.15) is 17.1 Å². The van der Waals surface area contributed by atoms with Gasteiger partial charge in [0, 0.05) is 0 Å². The Kier molecular flexibility index (Phi) is 3.61. The first-order chi connectivity index (χ1) is 6.63. The van der Waals surface area contributed by atoms with Crippen LogP contribution in [0.15, 0.2) is 24.3 Å². The zero-order valence-corrected chi connectivity index (χ0v) is 8.08. The van der Waals surface area contributed by atoms with Gasteiger partial charge >= 0.3 is 5.97 Å². The Morgan fingerprint density at radius 1 is 1.36 bits per heavy atom. The summed E-state index contributed by atoms with van der Waals surface area (Å²) in [6.45, 7) is 0. The van der Waals surface area contributed by atoms with Crippen LogP contribution in [0.25, 0.3) is 0 Å². The second kappa shape index (κ2) is 4.73. The predicted molar refractivity (Wildman–Crippen MR) is 47.3 cm³/mol. The fourth-order valence-corrected chi connectivity index (χ4v) is 1.11. The van der Waals surface area contributed by atoms with Crippen molar-refractivity contribution in [2.45, 2.75) is 0 Å². The quantitative estimate of drug-likeness (QED) is 0.546. The van der Waals surface area contributed by atoms with E-state index >= 15 is 0 Å². The number of carbonyl (C=O) groups excluding carboxylic acids is 1. The molecule has 1 atom stereocenters. The zero-order chi connectivity index (χ0) is 10.6. The van der Waals surface area contributed by atoms with Gasteiger partial charge in [0.15, 0.2) is 0 Å². The summed E-state index contributed by atoms with van der Waals surface area (Å²) in [5.41, 5.74) is 0.330. The van der Waals surface area contributed by atoms with Crippen LogP contribution >= 0.6 is 0 Å². The van der Waals surface area contributed by atoms with Crippen molar-refractivity contribution in [1.29, 1.82) is 0 Å². The van der Waals surface area contributed by atoms with Crippen molar-refractivity contribution in [3.05, 3.63) is 29.8 Å². The first kappa shape index (κ1) is 10.7. The van der Waals surface area contributed by atoms with Crippen LogP contribution in [-0.2, 0) is 16.1 Å². The SMILES string of the molecule is COC(=O)c1ccc(OS(=O)[O-])cc1. The minimum absolute atomic E-state index is 0.144. The summed E-state index contributed by atoms with van der Waals surface area (Å²) in [4.78, 5) is 11.0. The first-order valence-corrected chi connectivity index (χ1v) is 4.59. The third kappa shape index (κ3) is 2.82. The number of benzene rings is 1. The molecule has 0 fully saturated rings. The second-order valence-electron chi connectivity index (χ2n) is 2.30. The average molecular weight is 215 g/mol. The van der Waals surface area contributed by atoms with Gasteiger partial charge in [-0.15, -0.1) is 0 Å². The molecule has 0 bridgehead atoms. The third-order valence-electron chi connectivity index (χ3n) is 1.44. The molecular weight excluding hydrogens is 208 g/mol. The molecule has 1 unspecified atom stereocenters. The maximum atomic E-state index is 11.0. The lowest BCUT2D eigenvalue weighted by atomic mass is 10.2. The van der Waals surface area contributed by atoms with Gasteiger partial charge < -0.3 is 13.5 Å². The summed E-state index contributed by atoms with van der Waals surface area (Å²) < 4.78 is 29.1. The van der Waals surface area contributed by atoms with Crippen molar-refractivity contribution in [2.75, 3.05) is 7.11 Å². The van der Waals surface area contributed by atoms with Gasteiger partial charge in [0.2, 0.25) is 0 Å². The number of carbonyl (C=O) groups is 1. The van der Waals surface area contributed by atoms with Gasteiger partial charge in [-0.3, -0.25) is 0 Å². The largest absolute Gasteiger partial charge is 0.740 e. The Labute approximate surface area is 83.1 Å². The maximum Gasteiger partial charge on any atom is 0.337 e. The number of rotatable bonds is 3. The highest BCUT2D eigenvalue weighted by molar-refractivity contribution is 7.74. The van der Waals surface area contributed by atoms with Crippen molar-refractivity contribution in [3.63, 3.8) is 0 Å². The number of esters is 1. The standard InChI is InChI=1S/C8H8O5S/c1-12-8(9)6-2-4-7(5-3-6)13-14(10)11/h2-5H,1H3,(H,10,11)/p-1. The molecule has 0 aliphatic heterocycles. The van der Waals surface area contributed by atoms with E-state index in [1.54, 1.807) is 0 Å². The predicted octanol–water partition coefficient (Wildman–Crippen LogP) is 0.646. The van der Waals surface area contributed by atoms with Crippen LogP contribution in [0.3, 0.4) is 0 Å². The molecule has 76 valence electrons. The van der Waals surface area contributed by atoms with E-state index in [1.165, 1.54) is 31.4 Å². The average Bonchev–Trinajstić information content (AvgIpc) is 2.17. The van der Waals surface area contributed by atoms with Crippen molar-refractivity contribution >= 4 is 17.3 Å². The fourth-order valence-electron chi connectivity index (χ4n) is 0.843. The molecule has 0 heterocycles. The first-order valence-electron chi connectivity index (χ1n) is 3.59. The molecule has 5 nitrogen and oxygen atoms in total. The maximum absolute atomic E-state index is 11.0. The van der Waals surface area contributed by atoms with E-state index in [4.69, 9.17) is 0 Å². The lowest BCUT2D eigenvalue weighted by Crippen LogP contribution is -2.02. The van der Waals surface area contributed by atoms with E-state index in [1.807, 2.05) is 0 Å². The Morgan fingerprint density at radius 2 is 1.93 bits per heavy atom. The van der Waals surface area contributed by atoms with Gasteiger partial charge in [-0.2, -0.15) is 0 Å². The van der Waals surface area contributed by atoms with E-state index < -0.39 is 17.3 Å². The molecule has 0 saturated carbocycles. The third-order valence-corrected chi connectivity index (χ3v) is 1.77. The Bertz CT molecular complexity index is 345. The van der Waals surface area contributed by atoms with E-state index in [9.17, 15) is 13.6 Å². The van der Waals surface area contributed by atoms with Gasteiger partial charge in [-0.25, -0.2) is 9.00 Å². The molecule has 6 heteroatoms. The van der Waals surface area contributed by atoms with Gasteiger partial charge in [-0.1, -0.05) is 0 Å². The second-order valence-corrected chi connectivity index (χ2v) is 2.88. The smallest absolute Gasteiger partial charge is 0.337 e. The lowest BCUT2D eigenvalue weighted by Gasteiger charge is -2.06. The molecule has 14 heavy (non-hydrogen) atoms. The van der Waals surface area contributed by atoms with Crippen LogP contribution in [-0.4, -0.2) is 21.8 Å². The summed E-state index contributed by atoms with van der Waals surface area (Å²) in [6, 6.07) is 5.55. The van der Waals surface area contributed by atoms with Crippen molar-refractivity contribution in [2.24, 2.45) is 0 Å². The van der Waals surface area contributed by atoms with E-state index in [2.05, 4.69) is 8.92 Å². The summed E-state index contributed by atoms with van der Waals surface area (Å²) in [7, 11) is 1.26. The molecule has 0 N–H and O–H groups in total. The molecule has 0 spiro atoms. The van der Waals surface area contributed by atoms with Crippen LogP contribution < -0.4 is 4.18 Å². The van der Waals surface area contributed by atoms with Crippen LogP contribution in [0, 0.1) is 0 Å². The van der Waals surface area contributed by atoms with Crippen molar-refractivity contribution in [1.82, 2.24) is 0 Å². The highest BCUT2D eigenvalue weighted by Gasteiger charge is 2.04. The lowest BCUT2D eigenvalue weighted by molar-refractivity contribution is 0.0601. The van der Waals surface area contributed by atoms with Gasteiger partial charge in [-0.05, 0) is 24.3 Å². The molecular formula is C8H7O5S-. The molecule has 0 amide bonds. The molecule has 1 aromatic carbocycles. The Morgan fingerprint density at radius 3 is 2.36 bits per heavy atom. The summed E-state index contributed by atoms with van der Waals surface area (Å²) in [6.07, 6.45) is 0. The Hall–Kier alpha value is -1.40. The van der Waals surface area contributed by atoms with Crippen LogP contribution in [0.5, 0.6) is 5.75 Å². The normalized spacial score (nSPS) is 11.9. The van der Waals surface area contributed by atoms with Crippen LogP contribution in [0.1, 0.15) is 10.4 Å². The highest BCUT2D eigenvalue weighted by atomic mass is 32.2. The van der Waals surface area contributed by atoms with E-state index in [0.29, 0.717) is 5.56 Å². The number of ether oxygens (including phenoxy) is 1. The van der Waals surface area contributed by atoms with Gasteiger partial charge in [0.05, 0.1) is 12.7 Å². The minimum Gasteiger partial charge on any atom is -0.740 e. The number of hydrogen-bond acceptors (Lipinski definition) is 5. The molecule has 0 radical (unpaired) electrons. The minimum atomic E-state index is -2.60. The number of hydrogen-bond donors (Lipinski definition) is 0. The molecule has 0 aliphatic carbocycles. The Balaban J connectivity index is 2.78. The highest BCUT2D eigenvalue weighted by Crippen LogP contribution is 2.13. The summed E-state index contributed by atoms with van der Waals surface area (Å²) in [5, 5.41) is 0. The molecule has 1 rings (SSSR count). The zero-order valence-electron chi connectivity index (χ0n) is 7.26. The van der Waals surface area contributed by atoms with E-state index in [-0.39, 0.29) is 5.75 Å². The van der Waals surface area contributed by atoms with Crippen LogP contribution in [0.4, 0.5) is 0 Å². The molecule has 1 aromatic rings. The van der Waals surface area contributed by atoms with E-state index in [0.717, 1.165) is 0 Å². The summed E-state index contributed by atoms with van der Waals surface area (Å²) >= 11 is -2.60.